The number of aromatic nitrogens is 2. The van der Waals surface area contributed by atoms with Gasteiger partial charge in [0.2, 0.25) is 0 Å². The van der Waals surface area contributed by atoms with E-state index in [1.807, 2.05) is 60.8 Å². The molecule has 6 heteroatoms. The van der Waals surface area contributed by atoms with Crippen LogP contribution in [0.25, 0.3) is 22.6 Å². The second kappa shape index (κ2) is 9.30. The van der Waals surface area contributed by atoms with Crippen molar-refractivity contribution in [2.45, 2.75) is 13.1 Å². The lowest BCUT2D eigenvalue weighted by atomic mass is 9.92. The molecule has 0 unspecified atom stereocenters. The van der Waals surface area contributed by atoms with Crippen LogP contribution >= 0.6 is 12.4 Å². The van der Waals surface area contributed by atoms with Crippen molar-refractivity contribution in [3.05, 3.63) is 107 Å². The van der Waals surface area contributed by atoms with Crippen molar-refractivity contribution in [1.29, 1.82) is 0 Å². The minimum atomic E-state index is -0.919. The molecule has 0 fully saturated rings. The highest BCUT2D eigenvalue weighted by atomic mass is 35.5. The molecular formula is C26H22ClN3O2. The minimum Gasteiger partial charge on any atom is -0.478 e. The van der Waals surface area contributed by atoms with Crippen LogP contribution in [0.5, 0.6) is 0 Å². The number of carboxylic acid groups (broad SMARTS) is 1. The highest BCUT2D eigenvalue weighted by molar-refractivity contribution is 6.06. The van der Waals surface area contributed by atoms with Crippen molar-refractivity contribution < 1.29 is 9.90 Å². The summed E-state index contributed by atoms with van der Waals surface area (Å²) in [5.41, 5.74) is 5.74. The fraction of sp³-hybridized carbons (Fsp3) is 0.115. The van der Waals surface area contributed by atoms with Crippen molar-refractivity contribution in [1.82, 2.24) is 14.9 Å². The van der Waals surface area contributed by atoms with Gasteiger partial charge >= 0.3 is 5.97 Å². The Morgan fingerprint density at radius 2 is 1.78 bits per heavy atom. The molecule has 0 bridgehead atoms. The van der Waals surface area contributed by atoms with Crippen LogP contribution < -0.4 is 0 Å². The summed E-state index contributed by atoms with van der Waals surface area (Å²) in [5, 5.41) is 10.8. The van der Waals surface area contributed by atoms with Crippen LogP contribution in [0.1, 0.15) is 32.7 Å². The highest BCUT2D eigenvalue weighted by Gasteiger charge is 2.28. The summed E-state index contributed by atoms with van der Waals surface area (Å²) in [6.07, 6.45) is 5.62. The molecule has 0 atom stereocenters. The SMILES string of the molecule is Cl.O=C(O)c1c2c(nc3ccccc13)C(=Cc1cccnc1)CN(Cc1ccccc1)C2. The number of fused-ring (bicyclic) bond motifs is 2. The number of hydrogen-bond donors (Lipinski definition) is 1. The number of nitrogens with zero attached hydrogens (tertiary/aromatic N) is 3. The Labute approximate surface area is 192 Å². The molecule has 32 heavy (non-hydrogen) atoms. The van der Waals surface area contributed by atoms with Gasteiger partial charge in [-0.1, -0.05) is 54.6 Å². The fourth-order valence-corrected chi connectivity index (χ4v) is 4.24. The van der Waals surface area contributed by atoms with Crippen molar-refractivity contribution in [2.24, 2.45) is 0 Å². The molecule has 1 N–H and O–H groups in total. The standard InChI is InChI=1S/C26H21N3O2.ClH/c30-26(31)24-21-10-4-5-11-23(21)28-25-20(13-19-9-6-12-27-14-19)16-29(17-22(24)25)15-18-7-2-1-3-8-18;/h1-14H,15-17H2,(H,30,31);1H. The van der Waals surface area contributed by atoms with E-state index in [9.17, 15) is 9.90 Å². The first-order valence-corrected chi connectivity index (χ1v) is 10.2. The third-order valence-electron chi connectivity index (χ3n) is 5.56. The summed E-state index contributed by atoms with van der Waals surface area (Å²) in [5.74, 6) is -0.919. The molecule has 2 aromatic carbocycles. The molecule has 3 heterocycles. The molecule has 5 rings (SSSR count). The maximum absolute atomic E-state index is 12.3. The molecule has 160 valence electrons. The number of para-hydroxylation sites is 1. The summed E-state index contributed by atoms with van der Waals surface area (Å²) in [6.45, 7) is 1.95. The lowest BCUT2D eigenvalue weighted by Crippen LogP contribution is -2.31. The van der Waals surface area contributed by atoms with Crippen molar-refractivity contribution in [3.63, 3.8) is 0 Å². The second-order valence-electron chi connectivity index (χ2n) is 7.72. The van der Waals surface area contributed by atoms with E-state index in [0.29, 0.717) is 29.6 Å². The Hall–Kier alpha value is -3.54. The number of rotatable bonds is 4. The first-order valence-electron chi connectivity index (χ1n) is 10.2. The monoisotopic (exact) mass is 443 g/mol. The average molecular weight is 444 g/mol. The molecular weight excluding hydrogens is 422 g/mol. The third kappa shape index (κ3) is 4.26. The highest BCUT2D eigenvalue weighted by Crippen LogP contribution is 2.34. The lowest BCUT2D eigenvalue weighted by molar-refractivity contribution is 0.0696. The van der Waals surface area contributed by atoms with E-state index in [0.717, 1.165) is 28.9 Å². The number of aromatic carboxylic acids is 1. The molecule has 5 nitrogen and oxygen atoms in total. The number of halogens is 1. The molecule has 0 radical (unpaired) electrons. The average Bonchev–Trinajstić information content (AvgIpc) is 2.79. The zero-order valence-electron chi connectivity index (χ0n) is 17.3. The van der Waals surface area contributed by atoms with Crippen LogP contribution in [0, 0.1) is 0 Å². The summed E-state index contributed by atoms with van der Waals surface area (Å²) in [4.78, 5) is 23.7. The van der Waals surface area contributed by atoms with Crippen LogP contribution in [0.3, 0.4) is 0 Å². The Morgan fingerprint density at radius 3 is 2.53 bits per heavy atom. The largest absolute Gasteiger partial charge is 0.478 e. The van der Waals surface area contributed by atoms with Crippen LogP contribution in [0.4, 0.5) is 0 Å². The van der Waals surface area contributed by atoms with Crippen LogP contribution in [0.2, 0.25) is 0 Å². The third-order valence-corrected chi connectivity index (χ3v) is 5.56. The maximum Gasteiger partial charge on any atom is 0.336 e. The first kappa shape index (κ1) is 21.7. The van der Waals surface area contributed by atoms with Crippen LogP contribution in [-0.4, -0.2) is 32.5 Å². The molecule has 4 aromatic rings. The van der Waals surface area contributed by atoms with E-state index in [1.54, 1.807) is 6.20 Å². The van der Waals surface area contributed by atoms with E-state index in [-0.39, 0.29) is 12.4 Å². The quantitative estimate of drug-likeness (QED) is 0.463. The molecule has 0 aliphatic carbocycles. The van der Waals surface area contributed by atoms with Crippen LogP contribution in [0.15, 0.2) is 79.1 Å². The fourth-order valence-electron chi connectivity index (χ4n) is 4.24. The molecule has 0 spiro atoms. The molecule has 0 saturated heterocycles. The van der Waals surface area contributed by atoms with Gasteiger partial charge in [-0.3, -0.25) is 9.88 Å². The lowest BCUT2D eigenvalue weighted by Gasteiger charge is -2.31. The topological polar surface area (TPSA) is 66.3 Å². The zero-order valence-corrected chi connectivity index (χ0v) is 18.1. The van der Waals surface area contributed by atoms with Gasteiger partial charge in [-0.25, -0.2) is 9.78 Å². The predicted molar refractivity (Wildman–Crippen MR) is 129 cm³/mol. The number of hydrogen-bond acceptors (Lipinski definition) is 4. The summed E-state index contributed by atoms with van der Waals surface area (Å²) < 4.78 is 0. The zero-order chi connectivity index (χ0) is 21.2. The van der Waals surface area contributed by atoms with E-state index in [4.69, 9.17) is 4.98 Å². The normalized spacial score (nSPS) is 14.7. The van der Waals surface area contributed by atoms with Crippen molar-refractivity contribution in [2.75, 3.05) is 6.54 Å². The Kier molecular flexibility index (Phi) is 6.30. The van der Waals surface area contributed by atoms with Gasteiger partial charge in [-0.05, 0) is 34.9 Å². The van der Waals surface area contributed by atoms with Crippen LogP contribution in [-0.2, 0) is 13.1 Å². The molecule has 0 saturated carbocycles. The number of benzene rings is 2. The Morgan fingerprint density at radius 1 is 1.00 bits per heavy atom. The predicted octanol–water partition coefficient (Wildman–Crippen LogP) is 5.31. The number of pyridine rings is 2. The molecule has 2 aromatic heterocycles. The maximum atomic E-state index is 12.3. The second-order valence-corrected chi connectivity index (χ2v) is 7.72. The van der Waals surface area contributed by atoms with Gasteiger partial charge in [-0.15, -0.1) is 12.4 Å². The van der Waals surface area contributed by atoms with E-state index < -0.39 is 5.97 Å². The first-order chi connectivity index (χ1) is 15.2. The van der Waals surface area contributed by atoms with Gasteiger partial charge in [0.15, 0.2) is 0 Å². The summed E-state index contributed by atoms with van der Waals surface area (Å²) in [6, 6.07) is 21.6. The Bertz CT molecular complexity index is 1290. The minimum absolute atomic E-state index is 0. The van der Waals surface area contributed by atoms with Gasteiger partial charge in [0.25, 0.3) is 0 Å². The molecule has 1 aliphatic rings. The van der Waals surface area contributed by atoms with E-state index >= 15 is 0 Å². The molecule has 1 aliphatic heterocycles. The number of carboxylic acids is 1. The van der Waals surface area contributed by atoms with Gasteiger partial charge in [0.05, 0.1) is 16.8 Å². The van der Waals surface area contributed by atoms with Gasteiger partial charge < -0.3 is 5.11 Å². The smallest absolute Gasteiger partial charge is 0.336 e. The van der Waals surface area contributed by atoms with E-state index in [1.165, 1.54) is 5.56 Å². The Balaban J connectivity index is 0.00000245. The van der Waals surface area contributed by atoms with Gasteiger partial charge in [-0.2, -0.15) is 0 Å². The van der Waals surface area contributed by atoms with Crippen molar-refractivity contribution >= 4 is 40.9 Å². The number of carbonyl (C=O) groups is 1. The van der Waals surface area contributed by atoms with Crippen molar-refractivity contribution in [3.8, 4) is 0 Å². The summed E-state index contributed by atoms with van der Waals surface area (Å²) >= 11 is 0. The van der Waals surface area contributed by atoms with Gasteiger partial charge in [0, 0.05) is 43.0 Å². The van der Waals surface area contributed by atoms with Gasteiger partial charge in [0.1, 0.15) is 0 Å². The molecule has 0 amide bonds. The summed E-state index contributed by atoms with van der Waals surface area (Å²) in [7, 11) is 0. The van der Waals surface area contributed by atoms with E-state index in [2.05, 4.69) is 28.1 Å².